The van der Waals surface area contributed by atoms with Crippen LogP contribution in [-0.4, -0.2) is 17.5 Å². The maximum Gasteiger partial charge on any atom is 0.255 e. The maximum absolute atomic E-state index is 12.4. The molecule has 1 atom stereocenters. The number of pyridine rings is 1. The molecule has 0 spiro atoms. The number of nitrogen functional groups attached to an aromatic ring is 1. The number of alkyl halides is 2. The molecule has 1 aromatic heterocycles. The van der Waals surface area contributed by atoms with Crippen molar-refractivity contribution < 1.29 is 13.5 Å². The van der Waals surface area contributed by atoms with Gasteiger partial charge in [-0.2, -0.15) is 0 Å². The van der Waals surface area contributed by atoms with E-state index in [0.717, 1.165) is 0 Å². The molecule has 0 saturated heterocycles. The number of hydrogen-bond acceptors (Lipinski definition) is 3. The Hall–Kier alpha value is -1.39. The summed E-state index contributed by atoms with van der Waals surface area (Å²) in [5.41, 5.74) is 5.92. The Kier molecular flexibility index (Phi) is 2.02. The topological polar surface area (TPSA) is 48.1 Å². The smallest absolute Gasteiger partial charge is 0.255 e. The van der Waals surface area contributed by atoms with Gasteiger partial charge >= 0.3 is 0 Å². The van der Waals surface area contributed by atoms with Crippen LogP contribution in [0.3, 0.4) is 0 Å². The van der Waals surface area contributed by atoms with Crippen LogP contribution in [0, 0.1) is 5.92 Å². The molecule has 1 aliphatic rings. The largest absolute Gasteiger partial charge is 0.477 e. The van der Waals surface area contributed by atoms with Crippen molar-refractivity contribution in [2.45, 2.75) is 12.3 Å². The average Bonchev–Trinajstić information content (AvgIpc) is 2.73. The molecule has 0 radical (unpaired) electrons. The monoisotopic (exact) mass is 200 g/mol. The minimum absolute atomic E-state index is 0.0178. The molecule has 1 aliphatic carbocycles. The predicted octanol–water partition coefficient (Wildman–Crippen LogP) is 1.70. The first kappa shape index (κ1) is 9.18. The number of rotatable bonds is 3. The van der Waals surface area contributed by atoms with Crippen molar-refractivity contribution in [2.75, 3.05) is 12.3 Å². The van der Waals surface area contributed by atoms with Crippen molar-refractivity contribution in [3.63, 3.8) is 0 Å². The standard InChI is InChI=1S/C9H10F2N2O/c10-9(11)3-6(9)5-14-8-2-1-7(12)4-13-8/h1-2,4,6H,3,5,12H2/t6-/m1/s1. The van der Waals surface area contributed by atoms with Crippen LogP contribution >= 0.6 is 0 Å². The molecule has 1 saturated carbocycles. The van der Waals surface area contributed by atoms with E-state index in [9.17, 15) is 8.78 Å². The summed E-state index contributed by atoms with van der Waals surface area (Å²) in [6.45, 7) is 0.0178. The van der Waals surface area contributed by atoms with Crippen molar-refractivity contribution in [1.82, 2.24) is 4.98 Å². The second-order valence-electron chi connectivity index (χ2n) is 3.40. The van der Waals surface area contributed by atoms with Gasteiger partial charge in [0.1, 0.15) is 0 Å². The number of halogens is 2. The number of nitrogens with two attached hydrogens (primary N) is 1. The molecule has 0 aromatic carbocycles. The second kappa shape index (κ2) is 3.08. The fraction of sp³-hybridized carbons (Fsp3) is 0.444. The molecule has 0 bridgehead atoms. The summed E-state index contributed by atoms with van der Waals surface area (Å²) >= 11 is 0. The van der Waals surface area contributed by atoms with Crippen LogP contribution in [0.15, 0.2) is 18.3 Å². The van der Waals surface area contributed by atoms with Crippen molar-refractivity contribution >= 4 is 5.69 Å². The number of aromatic nitrogens is 1. The quantitative estimate of drug-likeness (QED) is 0.807. The number of hydrogen-bond donors (Lipinski definition) is 1. The summed E-state index contributed by atoms with van der Waals surface area (Å²) in [6, 6.07) is 3.18. The number of nitrogens with zero attached hydrogens (tertiary/aromatic N) is 1. The summed E-state index contributed by atoms with van der Waals surface area (Å²) in [4.78, 5) is 3.83. The van der Waals surface area contributed by atoms with Crippen LogP contribution in [0.4, 0.5) is 14.5 Å². The highest BCUT2D eigenvalue weighted by atomic mass is 19.3. The van der Waals surface area contributed by atoms with Crippen LogP contribution in [0.5, 0.6) is 5.88 Å². The lowest BCUT2D eigenvalue weighted by molar-refractivity contribution is 0.0850. The first-order valence-electron chi connectivity index (χ1n) is 4.30. The van der Waals surface area contributed by atoms with E-state index in [-0.39, 0.29) is 13.0 Å². The van der Waals surface area contributed by atoms with Crippen molar-refractivity contribution in [3.05, 3.63) is 18.3 Å². The molecule has 5 heteroatoms. The van der Waals surface area contributed by atoms with E-state index in [0.29, 0.717) is 11.6 Å². The Labute approximate surface area is 79.9 Å². The van der Waals surface area contributed by atoms with Gasteiger partial charge in [0.15, 0.2) is 0 Å². The van der Waals surface area contributed by atoms with Gasteiger partial charge in [0.05, 0.1) is 24.4 Å². The van der Waals surface area contributed by atoms with Crippen LogP contribution in [0.1, 0.15) is 6.42 Å². The lowest BCUT2D eigenvalue weighted by atomic mass is 10.4. The zero-order valence-electron chi connectivity index (χ0n) is 7.41. The first-order chi connectivity index (χ1) is 6.58. The molecule has 0 amide bonds. The van der Waals surface area contributed by atoms with Crippen molar-refractivity contribution in [3.8, 4) is 5.88 Å². The van der Waals surface area contributed by atoms with Gasteiger partial charge in [-0.05, 0) is 6.07 Å². The molecule has 1 heterocycles. The molecule has 0 aliphatic heterocycles. The van der Waals surface area contributed by atoms with Gasteiger partial charge in [-0.15, -0.1) is 0 Å². The number of anilines is 1. The van der Waals surface area contributed by atoms with Crippen LogP contribution in [-0.2, 0) is 0 Å². The van der Waals surface area contributed by atoms with Crippen molar-refractivity contribution in [2.24, 2.45) is 5.92 Å². The van der Waals surface area contributed by atoms with Gasteiger partial charge in [0, 0.05) is 12.5 Å². The minimum atomic E-state index is -2.53. The van der Waals surface area contributed by atoms with E-state index in [1.165, 1.54) is 6.20 Å². The molecule has 14 heavy (non-hydrogen) atoms. The highest BCUT2D eigenvalue weighted by molar-refractivity contribution is 5.35. The third-order valence-corrected chi connectivity index (χ3v) is 2.15. The Bertz CT molecular complexity index is 326. The minimum Gasteiger partial charge on any atom is -0.477 e. The Morgan fingerprint density at radius 1 is 1.57 bits per heavy atom. The van der Waals surface area contributed by atoms with E-state index in [2.05, 4.69) is 4.98 Å². The molecule has 3 nitrogen and oxygen atoms in total. The Morgan fingerprint density at radius 3 is 2.79 bits per heavy atom. The molecular weight excluding hydrogens is 190 g/mol. The van der Waals surface area contributed by atoms with Gasteiger partial charge < -0.3 is 10.5 Å². The number of ether oxygens (including phenoxy) is 1. The van der Waals surface area contributed by atoms with Gasteiger partial charge in [0.2, 0.25) is 5.88 Å². The van der Waals surface area contributed by atoms with Crippen LogP contribution in [0.25, 0.3) is 0 Å². The third kappa shape index (κ3) is 1.92. The molecule has 0 unspecified atom stereocenters. The Morgan fingerprint density at radius 2 is 2.29 bits per heavy atom. The predicted molar refractivity (Wildman–Crippen MR) is 47.2 cm³/mol. The summed E-state index contributed by atoms with van der Waals surface area (Å²) < 4.78 is 30.0. The second-order valence-corrected chi connectivity index (χ2v) is 3.40. The molecule has 1 fully saturated rings. The molecule has 76 valence electrons. The van der Waals surface area contributed by atoms with Gasteiger partial charge in [-0.1, -0.05) is 0 Å². The van der Waals surface area contributed by atoms with Crippen molar-refractivity contribution in [1.29, 1.82) is 0 Å². The lowest BCUT2D eigenvalue weighted by Crippen LogP contribution is -2.06. The summed E-state index contributed by atoms with van der Waals surface area (Å²) in [7, 11) is 0. The zero-order valence-corrected chi connectivity index (χ0v) is 7.41. The van der Waals surface area contributed by atoms with E-state index in [1.807, 2.05) is 0 Å². The lowest BCUT2D eigenvalue weighted by Gasteiger charge is -2.03. The average molecular weight is 200 g/mol. The Balaban J connectivity index is 1.84. The maximum atomic E-state index is 12.4. The zero-order chi connectivity index (χ0) is 10.2. The summed E-state index contributed by atoms with van der Waals surface area (Å²) in [5.74, 6) is -2.85. The first-order valence-corrected chi connectivity index (χ1v) is 4.30. The normalized spacial score (nSPS) is 23.1. The van der Waals surface area contributed by atoms with Crippen LogP contribution < -0.4 is 10.5 Å². The van der Waals surface area contributed by atoms with Gasteiger partial charge in [0.25, 0.3) is 5.92 Å². The fourth-order valence-electron chi connectivity index (χ4n) is 1.11. The summed E-state index contributed by atoms with van der Waals surface area (Å²) in [5, 5.41) is 0. The highest BCUT2D eigenvalue weighted by Crippen LogP contribution is 2.48. The fourth-order valence-corrected chi connectivity index (χ4v) is 1.11. The molecular formula is C9H10F2N2O. The summed E-state index contributed by atoms with van der Waals surface area (Å²) in [6.07, 6.45) is 1.35. The van der Waals surface area contributed by atoms with Gasteiger partial charge in [-0.3, -0.25) is 0 Å². The molecule has 2 rings (SSSR count). The van der Waals surface area contributed by atoms with E-state index in [1.54, 1.807) is 12.1 Å². The molecule has 2 N–H and O–H groups in total. The molecule has 1 aromatic rings. The van der Waals surface area contributed by atoms with E-state index < -0.39 is 11.8 Å². The van der Waals surface area contributed by atoms with E-state index in [4.69, 9.17) is 10.5 Å². The van der Waals surface area contributed by atoms with Crippen LogP contribution in [0.2, 0.25) is 0 Å². The SMILES string of the molecule is Nc1ccc(OC[C@H]2CC2(F)F)nc1. The van der Waals surface area contributed by atoms with Gasteiger partial charge in [-0.25, -0.2) is 13.8 Å². The highest BCUT2D eigenvalue weighted by Gasteiger charge is 2.57. The van der Waals surface area contributed by atoms with E-state index >= 15 is 0 Å². The third-order valence-electron chi connectivity index (χ3n) is 2.15.